The molecule has 8 nitrogen and oxygen atoms in total. The molecular weight excluding hydrogens is 408 g/mol. The number of carbonyl (C=O) groups excluding carboxylic acids is 4. The van der Waals surface area contributed by atoms with Crippen molar-refractivity contribution in [2.75, 3.05) is 24.9 Å². The molecule has 2 rings (SSSR count). The maximum Gasteiger partial charge on any atom is 0.337 e. The highest BCUT2D eigenvalue weighted by atomic mass is 32.2. The Kier molecular flexibility index (Phi) is 7.99. The van der Waals surface area contributed by atoms with Gasteiger partial charge in [0.25, 0.3) is 0 Å². The van der Waals surface area contributed by atoms with E-state index in [4.69, 9.17) is 9.47 Å². The molecule has 2 aromatic rings. The molecule has 2 N–H and O–H groups in total. The number of carbonyl (C=O) groups is 4. The van der Waals surface area contributed by atoms with Gasteiger partial charge in [-0.1, -0.05) is 0 Å². The number of rotatable bonds is 7. The van der Waals surface area contributed by atoms with Crippen LogP contribution >= 0.6 is 11.8 Å². The van der Waals surface area contributed by atoms with Crippen LogP contribution in [0.1, 0.15) is 34.6 Å². The van der Waals surface area contributed by atoms with Crippen molar-refractivity contribution in [2.24, 2.45) is 0 Å². The average molecular weight is 430 g/mol. The molecule has 2 amide bonds. The van der Waals surface area contributed by atoms with Crippen LogP contribution in [-0.2, 0) is 19.1 Å². The van der Waals surface area contributed by atoms with Gasteiger partial charge in [-0.25, -0.2) is 9.59 Å². The predicted octanol–water partition coefficient (Wildman–Crippen LogP) is 3.34. The Bertz CT molecular complexity index is 924. The van der Waals surface area contributed by atoms with Gasteiger partial charge in [0.2, 0.25) is 11.8 Å². The molecule has 0 heterocycles. The number of amides is 2. The lowest BCUT2D eigenvalue weighted by Crippen LogP contribution is -2.23. The van der Waals surface area contributed by atoms with Crippen molar-refractivity contribution < 1.29 is 28.7 Å². The molecule has 0 radical (unpaired) electrons. The molecule has 0 aliphatic carbocycles. The third kappa shape index (κ3) is 6.35. The fourth-order valence-electron chi connectivity index (χ4n) is 2.49. The monoisotopic (exact) mass is 430 g/mol. The number of methoxy groups -OCH3 is 2. The van der Waals surface area contributed by atoms with E-state index in [1.165, 1.54) is 51.1 Å². The fourth-order valence-corrected chi connectivity index (χ4v) is 3.36. The van der Waals surface area contributed by atoms with Gasteiger partial charge in [0.1, 0.15) is 0 Å². The third-order valence-corrected chi connectivity index (χ3v) is 5.01. The van der Waals surface area contributed by atoms with Gasteiger partial charge in [-0.05, 0) is 49.4 Å². The smallest absolute Gasteiger partial charge is 0.337 e. The minimum atomic E-state index is -0.641. The van der Waals surface area contributed by atoms with Crippen molar-refractivity contribution in [1.82, 2.24) is 0 Å². The summed E-state index contributed by atoms with van der Waals surface area (Å²) < 4.78 is 9.38. The van der Waals surface area contributed by atoms with E-state index >= 15 is 0 Å². The summed E-state index contributed by atoms with van der Waals surface area (Å²) in [7, 11) is 2.45. The molecule has 0 bridgehead atoms. The molecule has 0 aromatic heterocycles. The molecule has 9 heteroatoms. The van der Waals surface area contributed by atoms with Gasteiger partial charge in [0.05, 0.1) is 30.6 Å². The predicted molar refractivity (Wildman–Crippen MR) is 114 cm³/mol. The summed E-state index contributed by atoms with van der Waals surface area (Å²) >= 11 is 1.32. The van der Waals surface area contributed by atoms with Crippen molar-refractivity contribution in [3.8, 4) is 0 Å². The van der Waals surface area contributed by atoms with Crippen molar-refractivity contribution in [2.45, 2.75) is 24.0 Å². The van der Waals surface area contributed by atoms with Gasteiger partial charge >= 0.3 is 11.9 Å². The van der Waals surface area contributed by atoms with Crippen LogP contribution < -0.4 is 10.6 Å². The highest BCUT2D eigenvalue weighted by Crippen LogP contribution is 2.26. The first kappa shape index (κ1) is 23.0. The van der Waals surface area contributed by atoms with Gasteiger partial charge in [0.15, 0.2) is 0 Å². The molecule has 2 aromatic carbocycles. The largest absolute Gasteiger partial charge is 0.465 e. The number of esters is 2. The van der Waals surface area contributed by atoms with Crippen molar-refractivity contribution in [3.63, 3.8) is 0 Å². The number of anilines is 2. The molecule has 0 saturated carbocycles. The lowest BCUT2D eigenvalue weighted by Gasteiger charge is -2.14. The normalized spacial score (nSPS) is 11.2. The number of ether oxygens (including phenoxy) is 2. The van der Waals surface area contributed by atoms with E-state index in [1.54, 1.807) is 31.2 Å². The van der Waals surface area contributed by atoms with E-state index < -0.39 is 17.2 Å². The van der Waals surface area contributed by atoms with Gasteiger partial charge in [0, 0.05) is 23.2 Å². The van der Waals surface area contributed by atoms with E-state index in [0.717, 1.165) is 4.90 Å². The molecule has 0 saturated heterocycles. The molecule has 1 unspecified atom stereocenters. The summed E-state index contributed by atoms with van der Waals surface area (Å²) in [6.45, 7) is 3.16. The Balaban J connectivity index is 2.12. The highest BCUT2D eigenvalue weighted by Gasteiger charge is 2.18. The first-order chi connectivity index (χ1) is 14.2. The Morgan fingerprint density at radius 3 is 1.83 bits per heavy atom. The molecule has 0 aliphatic rings. The quantitative estimate of drug-likeness (QED) is 0.512. The van der Waals surface area contributed by atoms with E-state index in [0.29, 0.717) is 5.69 Å². The van der Waals surface area contributed by atoms with Gasteiger partial charge in [-0.2, -0.15) is 0 Å². The molecular formula is C21H22N2O6S. The van der Waals surface area contributed by atoms with Crippen LogP contribution in [-0.4, -0.2) is 43.2 Å². The van der Waals surface area contributed by atoms with Crippen LogP contribution in [0.15, 0.2) is 47.4 Å². The highest BCUT2D eigenvalue weighted by molar-refractivity contribution is 8.00. The Hall–Kier alpha value is -3.33. The van der Waals surface area contributed by atoms with E-state index in [-0.39, 0.29) is 28.6 Å². The van der Waals surface area contributed by atoms with Crippen molar-refractivity contribution in [1.29, 1.82) is 0 Å². The summed E-state index contributed by atoms with van der Waals surface area (Å²) in [6, 6.07) is 11.3. The molecule has 30 heavy (non-hydrogen) atoms. The summed E-state index contributed by atoms with van der Waals surface area (Å²) in [5.74, 6) is -1.76. The fraction of sp³-hybridized carbons (Fsp3) is 0.238. The first-order valence-electron chi connectivity index (χ1n) is 8.90. The summed E-state index contributed by atoms with van der Waals surface area (Å²) in [6.07, 6.45) is 0. The Labute approximate surface area is 178 Å². The standard InChI is InChI=1S/C21H22N2O6S/c1-12(30-18-7-5-16(6-8-18)22-13(2)24)19(25)23-17-10-14(20(26)28-3)9-15(11-17)21(27)29-4/h5-12H,1-4H3,(H,22,24)(H,23,25). The average Bonchev–Trinajstić information content (AvgIpc) is 2.73. The van der Waals surface area contributed by atoms with Crippen molar-refractivity contribution >= 4 is 46.9 Å². The van der Waals surface area contributed by atoms with Crippen LogP contribution in [0.25, 0.3) is 0 Å². The lowest BCUT2D eigenvalue weighted by atomic mass is 10.1. The van der Waals surface area contributed by atoms with Gasteiger partial charge in [-0.15, -0.1) is 11.8 Å². The maximum atomic E-state index is 12.6. The number of nitrogens with one attached hydrogen (secondary N) is 2. The Morgan fingerprint density at radius 1 is 0.833 bits per heavy atom. The molecule has 0 spiro atoms. The molecule has 0 fully saturated rings. The number of hydrogen-bond donors (Lipinski definition) is 2. The van der Waals surface area contributed by atoms with Crippen LogP contribution in [0.4, 0.5) is 11.4 Å². The summed E-state index contributed by atoms with van der Waals surface area (Å²) in [5.41, 5.74) is 1.17. The summed E-state index contributed by atoms with van der Waals surface area (Å²) in [5, 5.41) is 4.91. The van der Waals surface area contributed by atoms with Gasteiger partial charge in [-0.3, -0.25) is 9.59 Å². The zero-order valence-corrected chi connectivity index (χ0v) is 17.8. The minimum absolute atomic E-state index is 0.115. The maximum absolute atomic E-state index is 12.6. The lowest BCUT2D eigenvalue weighted by molar-refractivity contribution is -0.115. The van der Waals surface area contributed by atoms with Crippen LogP contribution in [0.3, 0.4) is 0 Å². The van der Waals surface area contributed by atoms with Crippen LogP contribution in [0, 0.1) is 0 Å². The second-order valence-corrected chi connectivity index (χ2v) is 7.65. The molecule has 1 atom stereocenters. The number of benzene rings is 2. The van der Waals surface area contributed by atoms with E-state index in [2.05, 4.69) is 10.6 Å². The Morgan fingerprint density at radius 2 is 1.37 bits per heavy atom. The topological polar surface area (TPSA) is 111 Å². The van der Waals surface area contributed by atoms with E-state index in [1.807, 2.05) is 0 Å². The number of hydrogen-bond acceptors (Lipinski definition) is 7. The van der Waals surface area contributed by atoms with Crippen LogP contribution in [0.5, 0.6) is 0 Å². The minimum Gasteiger partial charge on any atom is -0.465 e. The SMILES string of the molecule is COC(=O)c1cc(NC(=O)C(C)Sc2ccc(NC(C)=O)cc2)cc(C(=O)OC)c1. The van der Waals surface area contributed by atoms with Crippen molar-refractivity contribution in [3.05, 3.63) is 53.6 Å². The second-order valence-electron chi connectivity index (χ2n) is 6.24. The second kappa shape index (κ2) is 10.4. The first-order valence-corrected chi connectivity index (χ1v) is 9.78. The number of thioether (sulfide) groups is 1. The molecule has 158 valence electrons. The summed E-state index contributed by atoms with van der Waals surface area (Å²) in [4.78, 5) is 48.3. The zero-order chi connectivity index (χ0) is 22.3. The van der Waals surface area contributed by atoms with E-state index in [9.17, 15) is 19.2 Å². The third-order valence-electron chi connectivity index (χ3n) is 3.90. The van der Waals surface area contributed by atoms with Gasteiger partial charge < -0.3 is 20.1 Å². The van der Waals surface area contributed by atoms with Crippen LogP contribution in [0.2, 0.25) is 0 Å². The zero-order valence-electron chi connectivity index (χ0n) is 17.0. The molecule has 0 aliphatic heterocycles.